The van der Waals surface area contributed by atoms with Gasteiger partial charge in [-0.2, -0.15) is 0 Å². The number of hydrogen-bond donors (Lipinski definition) is 0. The fourth-order valence-electron chi connectivity index (χ4n) is 2.92. The molecule has 0 N–H and O–H groups in total. The number of hydrogen-bond acceptors (Lipinski definition) is 1. The number of ether oxygens (including phenoxy) is 1. The molecule has 1 saturated carbocycles. The van der Waals surface area contributed by atoms with Gasteiger partial charge < -0.3 is 4.74 Å². The lowest BCUT2D eigenvalue weighted by Gasteiger charge is -2.01. The van der Waals surface area contributed by atoms with Gasteiger partial charge in [0.1, 0.15) is 5.75 Å². The average Bonchev–Trinajstić information content (AvgIpc) is 3.10. The van der Waals surface area contributed by atoms with Gasteiger partial charge in [-0.1, -0.05) is 98.1 Å². The van der Waals surface area contributed by atoms with Crippen molar-refractivity contribution in [2.45, 2.75) is 98.8 Å². The van der Waals surface area contributed by atoms with Gasteiger partial charge in [-0.15, -0.1) is 0 Å². The summed E-state index contributed by atoms with van der Waals surface area (Å²) in [6.07, 6.45) is 13.8. The van der Waals surface area contributed by atoms with Crippen LogP contribution in [0.25, 0.3) is 0 Å². The van der Waals surface area contributed by atoms with Crippen LogP contribution >= 0.6 is 0 Å². The van der Waals surface area contributed by atoms with Crippen LogP contribution in [-0.4, -0.2) is 7.11 Å². The Morgan fingerprint density at radius 2 is 1.52 bits per heavy atom. The summed E-state index contributed by atoms with van der Waals surface area (Å²) in [5, 5.41) is 0. The van der Waals surface area contributed by atoms with Gasteiger partial charge in [-0.25, -0.2) is 0 Å². The first-order chi connectivity index (χ1) is 12.0. The molecule has 0 unspecified atom stereocenters. The summed E-state index contributed by atoms with van der Waals surface area (Å²) in [5.74, 6) is 2.89. The number of methoxy groups -OCH3 is 1. The van der Waals surface area contributed by atoms with Gasteiger partial charge in [0.25, 0.3) is 0 Å². The van der Waals surface area contributed by atoms with Crippen LogP contribution in [0.3, 0.4) is 0 Å². The second kappa shape index (κ2) is 16.5. The van der Waals surface area contributed by atoms with E-state index in [1.54, 1.807) is 7.11 Å². The van der Waals surface area contributed by atoms with Crippen molar-refractivity contribution >= 4 is 0 Å². The summed E-state index contributed by atoms with van der Waals surface area (Å²) < 4.78 is 5.07. The van der Waals surface area contributed by atoms with Gasteiger partial charge in [-0.3, -0.25) is 0 Å². The molecule has 1 fully saturated rings. The lowest BCUT2D eigenvalue weighted by atomic mass is 10.1. The third-order valence-corrected chi connectivity index (χ3v) is 4.76. The SMILES string of the molecule is CC1CCCC1.CCCCC(C)C.CCCCc1ccc(OC)cc1. The van der Waals surface area contributed by atoms with E-state index in [1.165, 1.54) is 69.8 Å². The van der Waals surface area contributed by atoms with E-state index in [2.05, 4.69) is 46.8 Å². The molecular formula is C24H44O. The summed E-state index contributed by atoms with van der Waals surface area (Å²) in [4.78, 5) is 0. The van der Waals surface area contributed by atoms with E-state index in [9.17, 15) is 0 Å². The van der Waals surface area contributed by atoms with Crippen LogP contribution in [0.2, 0.25) is 0 Å². The predicted octanol–water partition coefficient (Wildman–Crippen LogP) is 8.07. The molecule has 25 heavy (non-hydrogen) atoms. The quantitative estimate of drug-likeness (QED) is 0.484. The first kappa shape index (κ1) is 24.0. The van der Waals surface area contributed by atoms with Crippen molar-refractivity contribution in [1.29, 1.82) is 0 Å². The van der Waals surface area contributed by atoms with Gasteiger partial charge in [0.2, 0.25) is 0 Å². The zero-order chi connectivity index (χ0) is 18.9. The second-order valence-corrected chi connectivity index (χ2v) is 7.88. The van der Waals surface area contributed by atoms with E-state index in [0.29, 0.717) is 0 Å². The Bertz CT molecular complexity index is 374. The van der Waals surface area contributed by atoms with Crippen LogP contribution in [-0.2, 0) is 6.42 Å². The minimum atomic E-state index is 0.903. The largest absolute Gasteiger partial charge is 0.497 e. The van der Waals surface area contributed by atoms with E-state index in [1.807, 2.05) is 12.1 Å². The monoisotopic (exact) mass is 348 g/mol. The van der Waals surface area contributed by atoms with E-state index in [0.717, 1.165) is 17.6 Å². The molecule has 0 amide bonds. The van der Waals surface area contributed by atoms with Gasteiger partial charge >= 0.3 is 0 Å². The Morgan fingerprint density at radius 1 is 0.960 bits per heavy atom. The van der Waals surface area contributed by atoms with E-state index in [-0.39, 0.29) is 0 Å². The molecular weight excluding hydrogens is 304 g/mol. The normalized spacial score (nSPS) is 13.7. The molecule has 2 rings (SSSR count). The first-order valence-corrected chi connectivity index (χ1v) is 10.7. The second-order valence-electron chi connectivity index (χ2n) is 7.88. The van der Waals surface area contributed by atoms with Crippen molar-refractivity contribution in [1.82, 2.24) is 0 Å². The third kappa shape index (κ3) is 15.0. The molecule has 146 valence electrons. The maximum absolute atomic E-state index is 5.07. The summed E-state index contributed by atoms with van der Waals surface area (Å²) in [6.45, 7) is 11.3. The molecule has 0 spiro atoms. The highest BCUT2D eigenvalue weighted by molar-refractivity contribution is 5.27. The molecule has 0 atom stereocenters. The highest BCUT2D eigenvalue weighted by Crippen LogP contribution is 2.23. The average molecular weight is 349 g/mol. The number of benzene rings is 1. The highest BCUT2D eigenvalue weighted by Gasteiger charge is 2.07. The maximum atomic E-state index is 5.07. The van der Waals surface area contributed by atoms with Crippen molar-refractivity contribution in [2.24, 2.45) is 11.8 Å². The molecule has 0 heterocycles. The number of unbranched alkanes of at least 4 members (excludes halogenated alkanes) is 2. The minimum absolute atomic E-state index is 0.903. The fraction of sp³-hybridized carbons (Fsp3) is 0.750. The highest BCUT2D eigenvalue weighted by atomic mass is 16.5. The topological polar surface area (TPSA) is 9.23 Å². The molecule has 0 aliphatic heterocycles. The summed E-state index contributed by atoms with van der Waals surface area (Å²) >= 11 is 0. The molecule has 1 aliphatic carbocycles. The zero-order valence-corrected chi connectivity index (χ0v) is 17.9. The van der Waals surface area contributed by atoms with Gasteiger partial charge in [0.15, 0.2) is 0 Å². The van der Waals surface area contributed by atoms with E-state index in [4.69, 9.17) is 4.74 Å². The zero-order valence-electron chi connectivity index (χ0n) is 17.9. The standard InChI is InChI=1S/C11H16O.C7H16.C6H12/c1-3-4-5-10-6-8-11(12-2)9-7-10;1-4-5-6-7(2)3;1-6-4-2-3-5-6/h6-9H,3-5H2,1-2H3;7H,4-6H2,1-3H3;6H,2-5H2,1H3. The Morgan fingerprint density at radius 3 is 1.84 bits per heavy atom. The van der Waals surface area contributed by atoms with Crippen LogP contribution in [0.4, 0.5) is 0 Å². The van der Waals surface area contributed by atoms with Crippen molar-refractivity contribution in [3.8, 4) is 5.75 Å². The van der Waals surface area contributed by atoms with Gasteiger partial charge in [0.05, 0.1) is 7.11 Å². The third-order valence-electron chi connectivity index (χ3n) is 4.76. The fourth-order valence-corrected chi connectivity index (χ4v) is 2.92. The Labute approximate surface area is 158 Å². The lowest BCUT2D eigenvalue weighted by molar-refractivity contribution is 0.414. The van der Waals surface area contributed by atoms with Gasteiger partial charge in [0, 0.05) is 0 Å². The molecule has 0 saturated heterocycles. The molecule has 1 aromatic carbocycles. The maximum Gasteiger partial charge on any atom is 0.118 e. The van der Waals surface area contributed by atoms with Crippen LogP contribution in [0.15, 0.2) is 24.3 Å². The van der Waals surface area contributed by atoms with Crippen molar-refractivity contribution < 1.29 is 4.74 Å². The summed E-state index contributed by atoms with van der Waals surface area (Å²) in [6, 6.07) is 8.30. The van der Waals surface area contributed by atoms with E-state index < -0.39 is 0 Å². The molecule has 1 aliphatic rings. The molecule has 1 heteroatoms. The van der Waals surface area contributed by atoms with Gasteiger partial charge in [-0.05, 0) is 42.4 Å². The van der Waals surface area contributed by atoms with Crippen molar-refractivity contribution in [3.63, 3.8) is 0 Å². The predicted molar refractivity (Wildman–Crippen MR) is 114 cm³/mol. The number of rotatable bonds is 7. The Balaban J connectivity index is 0.000000377. The molecule has 0 radical (unpaired) electrons. The van der Waals surface area contributed by atoms with Crippen LogP contribution in [0.1, 0.15) is 98.0 Å². The van der Waals surface area contributed by atoms with Crippen molar-refractivity contribution in [2.75, 3.05) is 7.11 Å². The molecule has 0 aromatic heterocycles. The molecule has 1 aromatic rings. The first-order valence-electron chi connectivity index (χ1n) is 10.7. The Hall–Kier alpha value is -0.980. The Kier molecular flexibility index (Phi) is 15.8. The van der Waals surface area contributed by atoms with Crippen LogP contribution in [0.5, 0.6) is 5.75 Å². The number of aryl methyl sites for hydroxylation is 1. The summed E-state index contributed by atoms with van der Waals surface area (Å²) in [5.41, 5.74) is 1.40. The lowest BCUT2D eigenvalue weighted by Crippen LogP contribution is -1.86. The van der Waals surface area contributed by atoms with Crippen LogP contribution < -0.4 is 4.74 Å². The smallest absolute Gasteiger partial charge is 0.118 e. The summed E-state index contributed by atoms with van der Waals surface area (Å²) in [7, 11) is 1.70. The minimum Gasteiger partial charge on any atom is -0.497 e. The van der Waals surface area contributed by atoms with Crippen molar-refractivity contribution in [3.05, 3.63) is 29.8 Å². The van der Waals surface area contributed by atoms with Crippen LogP contribution in [0, 0.1) is 11.8 Å². The van der Waals surface area contributed by atoms with E-state index >= 15 is 0 Å². The molecule has 0 bridgehead atoms. The molecule has 1 nitrogen and oxygen atoms in total.